The van der Waals surface area contributed by atoms with E-state index in [2.05, 4.69) is 36.3 Å². The van der Waals surface area contributed by atoms with Crippen molar-refractivity contribution in [3.05, 3.63) is 82.9 Å². The van der Waals surface area contributed by atoms with Crippen LogP contribution in [0.1, 0.15) is 59.1 Å². The number of pyridine rings is 1. The molecule has 5 rings (SSSR count). The van der Waals surface area contributed by atoms with Gasteiger partial charge in [-0.3, -0.25) is 9.89 Å². The molecular weight excluding hydrogens is 456 g/mol. The van der Waals surface area contributed by atoms with Crippen LogP contribution in [0, 0.1) is 11.6 Å². The highest BCUT2D eigenvalue weighted by atomic mass is 19.1. The lowest BCUT2D eigenvalue weighted by Crippen LogP contribution is -2.24. The predicted molar refractivity (Wildman–Crippen MR) is 124 cm³/mol. The van der Waals surface area contributed by atoms with Gasteiger partial charge in [-0.05, 0) is 43.5 Å². The number of nitrogens with one attached hydrogen (secondary N) is 4. The first-order chi connectivity index (χ1) is 17.0. The van der Waals surface area contributed by atoms with Crippen molar-refractivity contribution in [3.63, 3.8) is 0 Å². The minimum Gasteiger partial charge on any atom is -0.363 e. The molecule has 11 heteroatoms. The van der Waals surface area contributed by atoms with Crippen molar-refractivity contribution in [2.75, 3.05) is 10.6 Å². The van der Waals surface area contributed by atoms with E-state index in [1.165, 1.54) is 30.5 Å². The molecule has 3 heterocycles. The van der Waals surface area contributed by atoms with E-state index in [4.69, 9.17) is 4.52 Å². The van der Waals surface area contributed by atoms with Crippen LogP contribution in [0.2, 0.25) is 0 Å². The number of H-pyrrole nitrogens is 1. The summed E-state index contributed by atoms with van der Waals surface area (Å²) < 4.78 is 33.2. The van der Waals surface area contributed by atoms with Crippen LogP contribution in [0.3, 0.4) is 0 Å². The maximum Gasteiger partial charge on any atom is 0.290 e. The zero-order valence-electron chi connectivity index (χ0n) is 18.8. The number of amides is 1. The number of aromatic amines is 1. The highest BCUT2D eigenvalue weighted by Crippen LogP contribution is 2.39. The fourth-order valence-corrected chi connectivity index (χ4v) is 3.63. The first kappa shape index (κ1) is 22.5. The Balaban J connectivity index is 1.40. The Bertz CT molecular complexity index is 1320. The van der Waals surface area contributed by atoms with Gasteiger partial charge in [0.15, 0.2) is 17.5 Å². The molecule has 4 N–H and O–H groups in total. The molecule has 1 fully saturated rings. The molecule has 1 saturated carbocycles. The van der Waals surface area contributed by atoms with Crippen molar-refractivity contribution in [2.24, 2.45) is 0 Å². The van der Waals surface area contributed by atoms with Crippen molar-refractivity contribution in [1.82, 2.24) is 25.7 Å². The summed E-state index contributed by atoms with van der Waals surface area (Å²) in [6.07, 6.45) is 3.58. The number of hydrogen-bond acceptors (Lipinski definition) is 7. The molecule has 0 unspecified atom stereocenters. The van der Waals surface area contributed by atoms with Gasteiger partial charge in [-0.25, -0.2) is 13.8 Å². The lowest BCUT2D eigenvalue weighted by Gasteiger charge is -2.19. The van der Waals surface area contributed by atoms with Gasteiger partial charge >= 0.3 is 0 Å². The van der Waals surface area contributed by atoms with E-state index in [1.54, 1.807) is 12.1 Å². The van der Waals surface area contributed by atoms with Crippen LogP contribution in [0.15, 0.2) is 53.2 Å². The van der Waals surface area contributed by atoms with Gasteiger partial charge in [0.2, 0.25) is 5.76 Å². The van der Waals surface area contributed by atoms with Gasteiger partial charge in [-0.1, -0.05) is 17.3 Å². The van der Waals surface area contributed by atoms with Crippen molar-refractivity contribution in [3.8, 4) is 0 Å². The normalized spacial score (nSPS) is 13.9. The lowest BCUT2D eigenvalue weighted by molar-refractivity contribution is 0.0914. The number of hydrogen-bond donors (Lipinski definition) is 4. The summed E-state index contributed by atoms with van der Waals surface area (Å²) in [5, 5.41) is 19.5. The van der Waals surface area contributed by atoms with E-state index in [9.17, 15) is 9.18 Å². The molecule has 1 atom stereocenters. The zero-order chi connectivity index (χ0) is 24.4. The minimum absolute atomic E-state index is 0.0158. The predicted octanol–water partition coefficient (Wildman–Crippen LogP) is 4.80. The highest BCUT2D eigenvalue weighted by molar-refractivity contribution is 5.91. The Hall–Kier alpha value is -4.28. The molecule has 180 valence electrons. The monoisotopic (exact) mass is 479 g/mol. The molecule has 0 spiro atoms. The molecule has 1 aliphatic carbocycles. The van der Waals surface area contributed by atoms with Gasteiger partial charge in [-0.15, -0.1) is 0 Å². The number of rotatable bonds is 9. The number of halogens is 2. The molecule has 3 aromatic heterocycles. The van der Waals surface area contributed by atoms with E-state index in [-0.39, 0.29) is 30.0 Å². The first-order valence-electron chi connectivity index (χ1n) is 11.2. The molecule has 9 nitrogen and oxygen atoms in total. The molecule has 0 saturated heterocycles. The summed E-state index contributed by atoms with van der Waals surface area (Å²) in [5.74, 6) is -0.137. The molecule has 1 amide bonds. The van der Waals surface area contributed by atoms with E-state index in [1.807, 2.05) is 13.0 Å². The molecule has 35 heavy (non-hydrogen) atoms. The van der Waals surface area contributed by atoms with Crippen molar-refractivity contribution in [2.45, 2.75) is 38.3 Å². The summed E-state index contributed by atoms with van der Waals surface area (Å²) in [4.78, 5) is 16.7. The summed E-state index contributed by atoms with van der Waals surface area (Å²) in [7, 11) is 0. The number of carbonyl (C=O) groups excluding carboxylic acids is 1. The third-order valence-corrected chi connectivity index (χ3v) is 5.74. The fraction of sp³-hybridized carbons (Fsp3) is 0.250. The average Bonchev–Trinajstić information content (AvgIpc) is 3.34. The third kappa shape index (κ3) is 5.29. The van der Waals surface area contributed by atoms with E-state index in [0.29, 0.717) is 23.1 Å². The largest absolute Gasteiger partial charge is 0.363 e. The first-order valence-corrected chi connectivity index (χ1v) is 11.2. The molecule has 1 aromatic carbocycles. The number of nitrogens with zero attached hydrogens (tertiary/aromatic N) is 3. The molecule has 1 aliphatic rings. The number of benzene rings is 1. The molecule has 0 radical (unpaired) electrons. The van der Waals surface area contributed by atoms with Gasteiger partial charge in [0.25, 0.3) is 5.91 Å². The van der Waals surface area contributed by atoms with E-state index < -0.39 is 11.7 Å². The summed E-state index contributed by atoms with van der Waals surface area (Å²) >= 11 is 0. The van der Waals surface area contributed by atoms with Crippen LogP contribution in [0.25, 0.3) is 0 Å². The van der Waals surface area contributed by atoms with Crippen LogP contribution >= 0.6 is 0 Å². The van der Waals surface area contributed by atoms with Crippen molar-refractivity contribution < 1.29 is 18.1 Å². The Labute approximate surface area is 199 Å². The van der Waals surface area contributed by atoms with Gasteiger partial charge in [-0.2, -0.15) is 5.10 Å². The quantitative estimate of drug-likeness (QED) is 0.272. The second kappa shape index (κ2) is 9.53. The maximum atomic E-state index is 15.0. The van der Waals surface area contributed by atoms with Crippen LogP contribution in [0.5, 0.6) is 0 Å². The summed E-state index contributed by atoms with van der Waals surface area (Å²) in [6.45, 7) is 1.86. The minimum atomic E-state index is -0.607. The molecule has 4 aromatic rings. The van der Waals surface area contributed by atoms with Crippen LogP contribution in [0.4, 0.5) is 26.2 Å². The molecule has 0 aliphatic heterocycles. The van der Waals surface area contributed by atoms with Crippen LogP contribution in [-0.4, -0.2) is 26.2 Å². The number of carbonyl (C=O) groups is 1. The van der Waals surface area contributed by atoms with E-state index in [0.717, 1.165) is 24.1 Å². The highest BCUT2D eigenvalue weighted by Gasteiger charge is 2.26. The lowest BCUT2D eigenvalue weighted by atomic mass is 10.1. The van der Waals surface area contributed by atoms with Gasteiger partial charge in [0.1, 0.15) is 11.6 Å². The smallest absolute Gasteiger partial charge is 0.290 e. The second-order valence-electron chi connectivity index (χ2n) is 8.41. The Kier molecular flexibility index (Phi) is 6.13. The Morgan fingerprint density at radius 3 is 2.69 bits per heavy atom. The van der Waals surface area contributed by atoms with Crippen molar-refractivity contribution >= 4 is 23.4 Å². The van der Waals surface area contributed by atoms with E-state index >= 15 is 4.39 Å². The topological polar surface area (TPSA) is 121 Å². The summed E-state index contributed by atoms with van der Waals surface area (Å²) in [5.41, 5.74) is 2.23. The molecule has 0 bridgehead atoms. The number of aromatic nitrogens is 4. The Morgan fingerprint density at radius 2 is 1.97 bits per heavy atom. The number of anilines is 3. The third-order valence-electron chi connectivity index (χ3n) is 5.74. The average molecular weight is 479 g/mol. The Morgan fingerprint density at radius 1 is 1.17 bits per heavy atom. The second-order valence-corrected chi connectivity index (χ2v) is 8.41. The maximum absolute atomic E-state index is 15.0. The van der Waals surface area contributed by atoms with Crippen LogP contribution < -0.4 is 16.0 Å². The fourth-order valence-electron chi connectivity index (χ4n) is 3.63. The molecular formula is C24H23F2N7O2. The zero-order valence-corrected chi connectivity index (χ0v) is 18.8. The van der Waals surface area contributed by atoms with Crippen LogP contribution in [-0.2, 0) is 6.54 Å². The standard InChI is InChI=1S/C24H23F2N7O2/c1-13(14-4-6-17(25)7-5-14)29-22-16(12-27-24(34)20-8-9-28-35-20)10-18(26)23(31-22)30-21-11-19(32-33-21)15-2-3-15/h4-11,13,15H,2-3,12H2,1H3,(H,27,34)(H3,29,30,31,32,33)/t13-/m0/s1. The SMILES string of the molecule is C[C@H](Nc1nc(Nc2cc(C3CC3)[nH]n2)c(F)cc1CNC(=O)c1ccno1)c1ccc(F)cc1. The van der Waals surface area contributed by atoms with Gasteiger partial charge in [0.05, 0.1) is 6.20 Å². The van der Waals surface area contributed by atoms with Gasteiger partial charge < -0.3 is 20.5 Å². The van der Waals surface area contributed by atoms with Gasteiger partial charge in [0, 0.05) is 41.9 Å². The summed E-state index contributed by atoms with van der Waals surface area (Å²) in [6, 6.07) is 10.3. The van der Waals surface area contributed by atoms with Crippen molar-refractivity contribution in [1.29, 1.82) is 0 Å².